The van der Waals surface area contributed by atoms with Gasteiger partial charge in [-0.25, -0.2) is 27.7 Å². The number of fused-ring (bicyclic) bond motifs is 1. The van der Waals surface area contributed by atoms with Crippen molar-refractivity contribution in [2.75, 3.05) is 6.54 Å². The van der Waals surface area contributed by atoms with E-state index in [0.717, 1.165) is 12.8 Å². The zero-order chi connectivity index (χ0) is 29.1. The van der Waals surface area contributed by atoms with E-state index in [1.165, 1.54) is 15.6 Å². The van der Waals surface area contributed by atoms with E-state index in [-0.39, 0.29) is 48.9 Å². The Morgan fingerprint density at radius 3 is 2.51 bits per heavy atom. The summed E-state index contributed by atoms with van der Waals surface area (Å²) >= 11 is 0. The summed E-state index contributed by atoms with van der Waals surface area (Å²) in [5, 5.41) is 16.5. The maximum Gasteiger partial charge on any atom is 0.410 e. The van der Waals surface area contributed by atoms with Gasteiger partial charge in [-0.3, -0.25) is 4.79 Å². The van der Waals surface area contributed by atoms with Gasteiger partial charge in [0.25, 0.3) is 5.91 Å². The molecule has 220 valence electrons. The first-order valence-electron chi connectivity index (χ1n) is 13.4. The number of alkyl halides is 5. The standard InChI is InChI=1S/C25H27F5N8O3/c1-12-19(36-41-35-12)22(39)34-20(13-4-6-24(26,27)7-5-13)16-10-38-18(32-16)8-15(9-31-38)21(14-2-3-14)37-11-17(25(28,29)30)33-23(37)40/h8-10,13-14,17,20-21H,2-7,11H2,1H3,(H,33,40)(H,34,39)/t17-,20-,21?/m0/s1. The molecule has 1 saturated heterocycles. The minimum atomic E-state index is -4.57. The highest BCUT2D eigenvalue weighted by Gasteiger charge is 2.51. The number of nitrogens with one attached hydrogen (secondary N) is 2. The monoisotopic (exact) mass is 582 g/mol. The van der Waals surface area contributed by atoms with Crippen LogP contribution in [0.3, 0.4) is 0 Å². The molecule has 0 aromatic carbocycles. The summed E-state index contributed by atoms with van der Waals surface area (Å²) in [7, 11) is 0. The number of halogens is 5. The lowest BCUT2D eigenvalue weighted by Crippen LogP contribution is -2.40. The maximum absolute atomic E-state index is 13.9. The number of carbonyl (C=O) groups is 2. The van der Waals surface area contributed by atoms with Crippen LogP contribution in [0.4, 0.5) is 26.7 Å². The van der Waals surface area contributed by atoms with E-state index in [2.05, 4.69) is 30.3 Å². The minimum absolute atomic E-state index is 0.0123. The molecule has 3 aromatic heterocycles. The van der Waals surface area contributed by atoms with Crippen molar-refractivity contribution >= 4 is 17.6 Å². The van der Waals surface area contributed by atoms with Crippen LogP contribution >= 0.6 is 0 Å². The van der Waals surface area contributed by atoms with Crippen molar-refractivity contribution in [3.8, 4) is 0 Å². The number of rotatable bonds is 7. The summed E-state index contributed by atoms with van der Waals surface area (Å²) in [6, 6.07) is -2.45. The third kappa shape index (κ3) is 5.43. The van der Waals surface area contributed by atoms with E-state index >= 15 is 0 Å². The van der Waals surface area contributed by atoms with Gasteiger partial charge in [-0.05, 0) is 61.2 Å². The van der Waals surface area contributed by atoms with Crippen molar-refractivity contribution < 1.29 is 36.2 Å². The van der Waals surface area contributed by atoms with Crippen molar-refractivity contribution in [1.82, 2.24) is 40.4 Å². The fraction of sp³-hybridized carbons (Fsp3) is 0.600. The van der Waals surface area contributed by atoms with E-state index in [1.54, 1.807) is 19.2 Å². The van der Waals surface area contributed by atoms with Gasteiger partial charge < -0.3 is 15.5 Å². The summed E-state index contributed by atoms with van der Waals surface area (Å²) in [6.07, 6.45) is -0.340. The van der Waals surface area contributed by atoms with Crippen molar-refractivity contribution in [2.24, 2.45) is 11.8 Å². The summed E-state index contributed by atoms with van der Waals surface area (Å²) in [6.45, 7) is 1.04. The van der Waals surface area contributed by atoms with Crippen LogP contribution in [0.2, 0.25) is 0 Å². The van der Waals surface area contributed by atoms with Gasteiger partial charge >= 0.3 is 12.2 Å². The Morgan fingerprint density at radius 1 is 1.17 bits per heavy atom. The first-order chi connectivity index (χ1) is 19.4. The molecule has 0 radical (unpaired) electrons. The minimum Gasteiger partial charge on any atom is -0.342 e. The SMILES string of the molecule is Cc1nonc1C(=O)N[C@H](c1cn2ncc(C(C3CC3)N3C[C@@H](C(F)(F)F)NC3=O)cc2n1)C1CCC(F)(F)CC1. The molecule has 2 saturated carbocycles. The summed E-state index contributed by atoms with van der Waals surface area (Å²) in [5.41, 5.74) is 1.50. The highest BCUT2D eigenvalue weighted by molar-refractivity contribution is 5.93. The second-order valence-corrected chi connectivity index (χ2v) is 11.1. The van der Waals surface area contributed by atoms with Gasteiger partial charge in [0, 0.05) is 12.8 Å². The fourth-order valence-corrected chi connectivity index (χ4v) is 5.80. The second-order valence-electron chi connectivity index (χ2n) is 11.1. The highest BCUT2D eigenvalue weighted by atomic mass is 19.4. The number of aryl methyl sites for hydroxylation is 1. The Labute approximate surface area is 229 Å². The van der Waals surface area contributed by atoms with Crippen LogP contribution in [0.25, 0.3) is 5.65 Å². The molecule has 3 fully saturated rings. The van der Waals surface area contributed by atoms with Crippen LogP contribution in [-0.2, 0) is 0 Å². The Morgan fingerprint density at radius 2 is 1.90 bits per heavy atom. The molecule has 3 aliphatic rings. The quantitative estimate of drug-likeness (QED) is 0.401. The normalized spacial score (nSPS) is 23.0. The van der Waals surface area contributed by atoms with Crippen LogP contribution in [0.15, 0.2) is 23.1 Å². The number of amides is 3. The molecular formula is C25H27F5N8O3. The highest BCUT2D eigenvalue weighted by Crippen LogP contribution is 2.46. The third-order valence-corrected chi connectivity index (χ3v) is 8.14. The van der Waals surface area contributed by atoms with Gasteiger partial charge in [0.05, 0.1) is 36.7 Å². The number of hydrogen-bond donors (Lipinski definition) is 2. The molecule has 3 aromatic rings. The zero-order valence-electron chi connectivity index (χ0n) is 21.9. The molecule has 6 rings (SSSR count). The third-order valence-electron chi connectivity index (χ3n) is 8.14. The molecule has 16 heteroatoms. The lowest BCUT2D eigenvalue weighted by molar-refractivity contribution is -0.150. The Balaban J connectivity index is 1.30. The van der Waals surface area contributed by atoms with E-state index < -0.39 is 48.7 Å². The van der Waals surface area contributed by atoms with Crippen molar-refractivity contribution in [2.45, 2.75) is 75.7 Å². The lowest BCUT2D eigenvalue weighted by atomic mass is 9.81. The Kier molecular flexibility index (Phi) is 6.60. The van der Waals surface area contributed by atoms with E-state index in [1.807, 2.05) is 5.32 Å². The van der Waals surface area contributed by atoms with Crippen molar-refractivity contribution in [3.63, 3.8) is 0 Å². The first-order valence-corrected chi connectivity index (χ1v) is 13.4. The molecule has 41 heavy (non-hydrogen) atoms. The molecule has 0 spiro atoms. The fourth-order valence-electron chi connectivity index (χ4n) is 5.80. The van der Waals surface area contributed by atoms with Crippen LogP contribution < -0.4 is 10.6 Å². The molecule has 11 nitrogen and oxygen atoms in total. The van der Waals surface area contributed by atoms with Crippen LogP contribution in [0.1, 0.15) is 78.0 Å². The van der Waals surface area contributed by atoms with Crippen molar-refractivity contribution in [3.05, 3.63) is 41.1 Å². The number of carbonyl (C=O) groups excluding carboxylic acids is 2. The van der Waals surface area contributed by atoms with Gasteiger partial charge in [0.15, 0.2) is 11.3 Å². The molecule has 3 atom stereocenters. The molecule has 2 N–H and O–H groups in total. The molecule has 3 amide bonds. The van der Waals surface area contributed by atoms with E-state index in [9.17, 15) is 31.5 Å². The Bertz CT molecular complexity index is 1460. The van der Waals surface area contributed by atoms with E-state index in [0.29, 0.717) is 16.9 Å². The van der Waals surface area contributed by atoms with Gasteiger partial charge in [0.1, 0.15) is 11.7 Å². The van der Waals surface area contributed by atoms with Gasteiger partial charge in [-0.2, -0.15) is 18.3 Å². The number of imidazole rings is 1. The predicted octanol–water partition coefficient (Wildman–Crippen LogP) is 4.12. The molecule has 1 aliphatic heterocycles. The van der Waals surface area contributed by atoms with Crippen LogP contribution in [-0.4, -0.2) is 66.4 Å². The second kappa shape index (κ2) is 9.91. The maximum atomic E-state index is 13.9. The predicted molar refractivity (Wildman–Crippen MR) is 130 cm³/mol. The lowest BCUT2D eigenvalue weighted by Gasteiger charge is -2.33. The smallest absolute Gasteiger partial charge is 0.342 e. The largest absolute Gasteiger partial charge is 0.410 e. The molecular weight excluding hydrogens is 555 g/mol. The molecule has 0 bridgehead atoms. The van der Waals surface area contributed by atoms with Crippen molar-refractivity contribution in [1.29, 1.82) is 0 Å². The van der Waals surface area contributed by atoms with E-state index in [4.69, 9.17) is 0 Å². The molecule has 4 heterocycles. The summed E-state index contributed by atoms with van der Waals surface area (Å²) in [4.78, 5) is 31.4. The number of hydrogen-bond acceptors (Lipinski definition) is 7. The summed E-state index contributed by atoms with van der Waals surface area (Å²) in [5.74, 6) is -3.74. The van der Waals surface area contributed by atoms with Crippen LogP contribution in [0.5, 0.6) is 0 Å². The number of aromatic nitrogens is 5. The summed E-state index contributed by atoms with van der Waals surface area (Å²) < 4.78 is 73.9. The zero-order valence-corrected chi connectivity index (χ0v) is 21.9. The average molecular weight is 583 g/mol. The average Bonchev–Trinajstić information content (AvgIpc) is 3.29. The number of urea groups is 1. The first kappa shape index (κ1) is 27.3. The number of nitrogens with zero attached hydrogens (tertiary/aromatic N) is 6. The van der Waals surface area contributed by atoms with Crippen LogP contribution in [0, 0.1) is 18.8 Å². The molecule has 2 aliphatic carbocycles. The molecule has 1 unspecified atom stereocenters. The van der Waals surface area contributed by atoms with Gasteiger partial charge in [0.2, 0.25) is 5.92 Å². The Hall–Kier alpha value is -3.85. The topological polar surface area (TPSA) is 131 Å². The van der Waals surface area contributed by atoms with Gasteiger partial charge in [-0.15, -0.1) is 0 Å². The van der Waals surface area contributed by atoms with Gasteiger partial charge in [-0.1, -0.05) is 5.16 Å².